The predicted octanol–water partition coefficient (Wildman–Crippen LogP) is 2.98. The number of nitrogens with one attached hydrogen (secondary N) is 1. The Morgan fingerprint density at radius 3 is 2.36 bits per heavy atom. The summed E-state index contributed by atoms with van der Waals surface area (Å²) in [4.78, 5) is 36.4. The largest absolute Gasteiger partial charge is 0.452 e. The lowest BCUT2D eigenvalue weighted by atomic mass is 10.00. The maximum absolute atomic E-state index is 12.5. The number of imide groups is 1. The average molecular weight is 373 g/mol. The quantitative estimate of drug-likeness (QED) is 0.698. The molecule has 0 bridgehead atoms. The van der Waals surface area contributed by atoms with Crippen LogP contribution in [0.5, 0.6) is 0 Å². The van der Waals surface area contributed by atoms with Gasteiger partial charge in [0.15, 0.2) is 6.61 Å². The summed E-state index contributed by atoms with van der Waals surface area (Å²) in [5.41, 5.74) is 3.70. The van der Waals surface area contributed by atoms with E-state index in [0.29, 0.717) is 5.56 Å². The molecule has 0 fully saturated rings. The molecule has 0 saturated heterocycles. The number of ether oxygens (including phenoxy) is 1. The van der Waals surface area contributed by atoms with Crippen LogP contribution in [0.2, 0.25) is 0 Å². The molecule has 2 amide bonds. The fourth-order valence-corrected chi connectivity index (χ4v) is 3.65. The summed E-state index contributed by atoms with van der Waals surface area (Å²) in [7, 11) is 0. The molecule has 3 aromatic rings. The first kappa shape index (κ1) is 17.9. The molecular formula is C23H19NO4. The Hall–Kier alpha value is -3.47. The first-order chi connectivity index (χ1) is 13.6. The van der Waals surface area contributed by atoms with Gasteiger partial charge in [0.1, 0.15) is 0 Å². The molecule has 0 aliphatic heterocycles. The lowest BCUT2D eigenvalue weighted by molar-refractivity contribution is -0.132. The van der Waals surface area contributed by atoms with Crippen molar-refractivity contribution < 1.29 is 19.1 Å². The highest BCUT2D eigenvalue weighted by molar-refractivity contribution is 6.07. The molecule has 1 N–H and O–H groups in total. The third-order valence-electron chi connectivity index (χ3n) is 4.92. The van der Waals surface area contributed by atoms with Crippen molar-refractivity contribution in [2.45, 2.75) is 19.3 Å². The molecule has 0 heterocycles. The molecule has 0 spiro atoms. The summed E-state index contributed by atoms with van der Waals surface area (Å²) >= 11 is 0. The van der Waals surface area contributed by atoms with Crippen LogP contribution in [0.4, 0.5) is 0 Å². The zero-order valence-corrected chi connectivity index (χ0v) is 15.2. The minimum absolute atomic E-state index is 0.0927. The van der Waals surface area contributed by atoms with Gasteiger partial charge in [-0.25, -0.2) is 4.79 Å². The number of aryl methyl sites for hydroxylation is 2. The standard InChI is InChI=1S/C23H19NO4/c25-20(13-15-5-2-1-3-6-15)24-21(26)14-28-23(27)19-12-11-17-10-9-16-7-4-8-18(19)22(16)17/h1-8,11-12H,9-10,13-14H2,(H,24,25,26). The van der Waals surface area contributed by atoms with Crippen molar-refractivity contribution in [3.63, 3.8) is 0 Å². The van der Waals surface area contributed by atoms with Gasteiger partial charge in [-0.1, -0.05) is 54.6 Å². The third-order valence-corrected chi connectivity index (χ3v) is 4.92. The molecule has 5 heteroatoms. The van der Waals surface area contributed by atoms with Crippen molar-refractivity contribution in [2.24, 2.45) is 0 Å². The molecule has 1 aliphatic carbocycles. The molecule has 0 aromatic heterocycles. The molecule has 0 radical (unpaired) electrons. The first-order valence-electron chi connectivity index (χ1n) is 9.19. The topological polar surface area (TPSA) is 72.5 Å². The maximum Gasteiger partial charge on any atom is 0.339 e. The number of carbonyl (C=O) groups excluding carboxylic acids is 3. The zero-order valence-electron chi connectivity index (χ0n) is 15.2. The van der Waals surface area contributed by atoms with E-state index in [2.05, 4.69) is 11.4 Å². The number of carbonyl (C=O) groups is 3. The van der Waals surface area contributed by atoms with Gasteiger partial charge in [0.2, 0.25) is 5.91 Å². The van der Waals surface area contributed by atoms with Crippen molar-refractivity contribution in [3.05, 3.63) is 82.9 Å². The van der Waals surface area contributed by atoms with E-state index in [9.17, 15) is 14.4 Å². The molecule has 28 heavy (non-hydrogen) atoms. The summed E-state index contributed by atoms with van der Waals surface area (Å²) in [6, 6.07) is 18.7. The summed E-state index contributed by atoms with van der Waals surface area (Å²) in [6.07, 6.45) is 2.03. The zero-order chi connectivity index (χ0) is 19.5. The second kappa shape index (κ2) is 7.64. The molecule has 3 aromatic carbocycles. The van der Waals surface area contributed by atoms with Gasteiger partial charge in [0, 0.05) is 0 Å². The van der Waals surface area contributed by atoms with Gasteiger partial charge in [-0.2, -0.15) is 0 Å². The Kier molecular flexibility index (Phi) is 4.89. The normalized spacial score (nSPS) is 12.0. The van der Waals surface area contributed by atoms with Crippen molar-refractivity contribution in [3.8, 4) is 0 Å². The van der Waals surface area contributed by atoms with Crippen LogP contribution in [0.25, 0.3) is 10.8 Å². The Morgan fingerprint density at radius 2 is 1.57 bits per heavy atom. The van der Waals surface area contributed by atoms with Gasteiger partial charge >= 0.3 is 5.97 Å². The van der Waals surface area contributed by atoms with Crippen LogP contribution < -0.4 is 5.32 Å². The first-order valence-corrected chi connectivity index (χ1v) is 9.19. The highest BCUT2D eigenvalue weighted by Crippen LogP contribution is 2.32. The van der Waals surface area contributed by atoms with Crippen molar-refractivity contribution in [1.29, 1.82) is 0 Å². The number of rotatable bonds is 5. The number of hydrogen-bond donors (Lipinski definition) is 1. The summed E-state index contributed by atoms with van der Waals surface area (Å²) in [5.74, 6) is -1.64. The van der Waals surface area contributed by atoms with Gasteiger partial charge in [-0.15, -0.1) is 0 Å². The van der Waals surface area contributed by atoms with E-state index in [0.717, 1.165) is 29.2 Å². The molecule has 5 nitrogen and oxygen atoms in total. The minimum atomic E-state index is -0.639. The van der Waals surface area contributed by atoms with Crippen molar-refractivity contribution in [2.75, 3.05) is 6.61 Å². The van der Waals surface area contributed by atoms with Crippen LogP contribution in [-0.4, -0.2) is 24.4 Å². The highest BCUT2D eigenvalue weighted by Gasteiger charge is 2.20. The molecule has 0 unspecified atom stereocenters. The smallest absolute Gasteiger partial charge is 0.339 e. The number of amides is 2. The van der Waals surface area contributed by atoms with E-state index >= 15 is 0 Å². The van der Waals surface area contributed by atoms with Gasteiger partial charge in [0.25, 0.3) is 5.91 Å². The van der Waals surface area contributed by atoms with E-state index in [1.54, 1.807) is 18.2 Å². The average Bonchev–Trinajstić information content (AvgIpc) is 3.12. The van der Waals surface area contributed by atoms with Gasteiger partial charge in [-0.3, -0.25) is 14.9 Å². The SMILES string of the molecule is O=C(COC(=O)c1ccc2c3c(cccc13)CC2)NC(=O)Cc1ccccc1. The monoisotopic (exact) mass is 373 g/mol. The van der Waals surface area contributed by atoms with Crippen LogP contribution in [0.3, 0.4) is 0 Å². The second-order valence-corrected chi connectivity index (χ2v) is 6.82. The lowest BCUT2D eigenvalue weighted by Gasteiger charge is -2.09. The molecule has 1 aliphatic rings. The van der Waals surface area contributed by atoms with Gasteiger partial charge in [-0.05, 0) is 46.4 Å². The fourth-order valence-electron chi connectivity index (χ4n) is 3.65. The molecule has 0 saturated carbocycles. The predicted molar refractivity (Wildman–Crippen MR) is 105 cm³/mol. The van der Waals surface area contributed by atoms with E-state index in [-0.39, 0.29) is 6.42 Å². The lowest BCUT2D eigenvalue weighted by Crippen LogP contribution is -2.35. The Bertz CT molecular complexity index is 1060. The van der Waals surface area contributed by atoms with Gasteiger partial charge < -0.3 is 4.74 Å². The van der Waals surface area contributed by atoms with Crippen LogP contribution >= 0.6 is 0 Å². The van der Waals surface area contributed by atoms with E-state index < -0.39 is 24.4 Å². The number of hydrogen-bond acceptors (Lipinski definition) is 4. The number of benzene rings is 3. The Morgan fingerprint density at radius 1 is 0.821 bits per heavy atom. The molecule has 140 valence electrons. The van der Waals surface area contributed by atoms with Crippen molar-refractivity contribution in [1.82, 2.24) is 5.32 Å². The number of esters is 1. The van der Waals surface area contributed by atoms with Crippen molar-refractivity contribution >= 4 is 28.6 Å². The third kappa shape index (κ3) is 3.64. The molecular weight excluding hydrogens is 354 g/mol. The van der Waals surface area contributed by atoms with Crippen LogP contribution in [0.15, 0.2) is 60.7 Å². The van der Waals surface area contributed by atoms with Crippen LogP contribution in [0, 0.1) is 0 Å². The van der Waals surface area contributed by atoms with E-state index in [1.807, 2.05) is 36.4 Å². The second-order valence-electron chi connectivity index (χ2n) is 6.82. The van der Waals surface area contributed by atoms with Crippen LogP contribution in [0.1, 0.15) is 27.0 Å². The van der Waals surface area contributed by atoms with E-state index in [1.165, 1.54) is 11.1 Å². The summed E-state index contributed by atoms with van der Waals surface area (Å²) in [5, 5.41) is 4.20. The molecule has 4 rings (SSSR count). The van der Waals surface area contributed by atoms with Gasteiger partial charge in [0.05, 0.1) is 12.0 Å². The molecule has 0 atom stereocenters. The Labute approximate surface area is 162 Å². The van der Waals surface area contributed by atoms with Crippen LogP contribution in [-0.2, 0) is 33.6 Å². The van der Waals surface area contributed by atoms with E-state index in [4.69, 9.17) is 4.74 Å². The minimum Gasteiger partial charge on any atom is -0.452 e. The maximum atomic E-state index is 12.5. The Balaban J connectivity index is 1.38. The summed E-state index contributed by atoms with van der Waals surface area (Å²) in [6.45, 7) is -0.498. The highest BCUT2D eigenvalue weighted by atomic mass is 16.5. The summed E-state index contributed by atoms with van der Waals surface area (Å²) < 4.78 is 5.15. The fraction of sp³-hybridized carbons (Fsp3) is 0.174.